The number of sulfonamides is 1. The fraction of sp³-hybridized carbons (Fsp3) is 0.484. The SMILES string of the molecule is CCCCN1C(=O)C(=C2Sc3c(OC(C)C)cc(NS(=O)(=O)c4ccc(C)cc4)c(OC(C)C)c3S2)C(=O)N1CCCC. The number of rotatable bonds is 13. The molecule has 234 valence electrons. The molecule has 2 aliphatic rings. The van der Waals surface area contributed by atoms with Crippen LogP contribution in [0.1, 0.15) is 72.8 Å². The van der Waals surface area contributed by atoms with Gasteiger partial charge in [-0.05, 0) is 59.6 Å². The zero-order valence-corrected chi connectivity index (χ0v) is 28.3. The molecule has 1 N–H and O–H groups in total. The van der Waals surface area contributed by atoms with Crippen molar-refractivity contribution in [3.63, 3.8) is 0 Å². The molecule has 0 radical (unpaired) electrons. The maximum absolute atomic E-state index is 13.7. The summed E-state index contributed by atoms with van der Waals surface area (Å²) < 4.78 is 42.6. The van der Waals surface area contributed by atoms with Crippen molar-refractivity contribution in [1.82, 2.24) is 10.0 Å². The first kappa shape index (κ1) is 33.1. The maximum atomic E-state index is 13.7. The molecule has 1 fully saturated rings. The van der Waals surface area contributed by atoms with Gasteiger partial charge in [0, 0.05) is 19.2 Å². The van der Waals surface area contributed by atoms with Crippen LogP contribution in [0.25, 0.3) is 0 Å². The molecule has 12 heteroatoms. The molecule has 43 heavy (non-hydrogen) atoms. The average molecular weight is 648 g/mol. The van der Waals surface area contributed by atoms with Crippen molar-refractivity contribution in [3.05, 3.63) is 45.7 Å². The highest BCUT2D eigenvalue weighted by Crippen LogP contribution is 2.61. The first-order chi connectivity index (χ1) is 20.4. The van der Waals surface area contributed by atoms with E-state index < -0.39 is 10.0 Å². The van der Waals surface area contributed by atoms with Crippen LogP contribution in [0.5, 0.6) is 11.5 Å². The van der Waals surface area contributed by atoms with Crippen LogP contribution in [0.15, 0.2) is 54.8 Å². The lowest BCUT2D eigenvalue weighted by Crippen LogP contribution is -2.42. The van der Waals surface area contributed by atoms with Crippen molar-refractivity contribution in [2.75, 3.05) is 17.8 Å². The second kappa shape index (κ2) is 13.9. The van der Waals surface area contributed by atoms with E-state index in [1.807, 2.05) is 34.6 Å². The lowest BCUT2D eigenvalue weighted by atomic mass is 10.2. The number of carbonyl (C=O) groups is 2. The predicted molar refractivity (Wildman–Crippen MR) is 172 cm³/mol. The number of hydrazine groups is 1. The van der Waals surface area contributed by atoms with Gasteiger partial charge in [-0.3, -0.25) is 14.3 Å². The second-order valence-corrected chi connectivity index (χ2v) is 15.1. The van der Waals surface area contributed by atoms with Gasteiger partial charge < -0.3 is 9.47 Å². The molecule has 2 aliphatic heterocycles. The lowest BCUT2D eigenvalue weighted by molar-refractivity contribution is -0.147. The summed E-state index contributed by atoms with van der Waals surface area (Å²) in [6.45, 7) is 14.4. The third kappa shape index (κ3) is 7.29. The molecule has 0 bridgehead atoms. The van der Waals surface area contributed by atoms with Crippen LogP contribution in [0, 0.1) is 6.92 Å². The molecule has 2 aromatic carbocycles. The average Bonchev–Trinajstić information content (AvgIpc) is 3.46. The predicted octanol–water partition coefficient (Wildman–Crippen LogP) is 6.97. The molecule has 4 rings (SSSR count). The minimum absolute atomic E-state index is 0.117. The van der Waals surface area contributed by atoms with E-state index in [1.54, 1.807) is 40.3 Å². The van der Waals surface area contributed by atoms with Gasteiger partial charge in [-0.25, -0.2) is 18.4 Å². The van der Waals surface area contributed by atoms with Crippen LogP contribution in [0.3, 0.4) is 0 Å². The number of unbranched alkanes of at least 4 members (excludes halogenated alkanes) is 2. The number of aryl methyl sites for hydroxylation is 1. The zero-order valence-electron chi connectivity index (χ0n) is 25.9. The van der Waals surface area contributed by atoms with Crippen LogP contribution in [-0.4, -0.2) is 55.5 Å². The molecule has 2 amide bonds. The van der Waals surface area contributed by atoms with Crippen molar-refractivity contribution >= 4 is 51.0 Å². The molecule has 0 aromatic heterocycles. The van der Waals surface area contributed by atoms with Gasteiger partial charge in [0.2, 0.25) is 0 Å². The van der Waals surface area contributed by atoms with E-state index in [-0.39, 0.29) is 40.2 Å². The molecular weight excluding hydrogens is 607 g/mol. The van der Waals surface area contributed by atoms with Crippen LogP contribution in [0.2, 0.25) is 0 Å². The number of anilines is 1. The van der Waals surface area contributed by atoms with Crippen molar-refractivity contribution < 1.29 is 27.5 Å². The Bertz CT molecular complexity index is 1480. The van der Waals surface area contributed by atoms with E-state index in [1.165, 1.54) is 23.5 Å². The van der Waals surface area contributed by atoms with Gasteiger partial charge in [0.25, 0.3) is 21.8 Å². The summed E-state index contributed by atoms with van der Waals surface area (Å²) in [7, 11) is -3.97. The normalized spacial score (nSPS) is 15.3. The van der Waals surface area contributed by atoms with E-state index in [9.17, 15) is 18.0 Å². The Morgan fingerprint density at radius 1 is 0.837 bits per heavy atom. The first-order valence-electron chi connectivity index (χ1n) is 14.7. The monoisotopic (exact) mass is 647 g/mol. The van der Waals surface area contributed by atoms with Gasteiger partial charge >= 0.3 is 0 Å². The second-order valence-electron chi connectivity index (χ2n) is 11.1. The van der Waals surface area contributed by atoms with Gasteiger partial charge in [0.05, 0.1) is 36.8 Å². The van der Waals surface area contributed by atoms with E-state index in [0.717, 1.165) is 31.2 Å². The molecule has 9 nitrogen and oxygen atoms in total. The summed E-state index contributed by atoms with van der Waals surface area (Å²) in [4.78, 5) is 28.8. The van der Waals surface area contributed by atoms with E-state index in [0.29, 0.717) is 38.6 Å². The van der Waals surface area contributed by atoms with Crippen molar-refractivity contribution in [1.29, 1.82) is 0 Å². The third-order valence-corrected chi connectivity index (χ3v) is 10.7. The highest BCUT2D eigenvalue weighted by Gasteiger charge is 2.45. The minimum atomic E-state index is -3.97. The summed E-state index contributed by atoms with van der Waals surface area (Å²) in [6.07, 6.45) is 2.87. The Hall–Kier alpha value is -2.83. The Kier molecular flexibility index (Phi) is 10.7. The van der Waals surface area contributed by atoms with Gasteiger partial charge in [-0.1, -0.05) is 67.9 Å². The smallest absolute Gasteiger partial charge is 0.279 e. The Balaban J connectivity index is 1.83. The summed E-state index contributed by atoms with van der Waals surface area (Å²) in [6, 6.07) is 8.22. The summed E-state index contributed by atoms with van der Waals surface area (Å²) in [5.41, 5.74) is 1.30. The fourth-order valence-corrected chi connectivity index (χ4v) is 8.32. The molecule has 0 aliphatic carbocycles. The Labute approximate surface area is 263 Å². The molecular formula is C31H41N3O6S3. The van der Waals surface area contributed by atoms with Crippen molar-refractivity contribution in [3.8, 4) is 11.5 Å². The van der Waals surface area contributed by atoms with E-state index >= 15 is 0 Å². The van der Waals surface area contributed by atoms with Gasteiger partial charge in [-0.15, -0.1) is 0 Å². The van der Waals surface area contributed by atoms with Gasteiger partial charge in [-0.2, -0.15) is 0 Å². The van der Waals surface area contributed by atoms with E-state index in [2.05, 4.69) is 18.6 Å². The Morgan fingerprint density at radius 3 is 1.88 bits per heavy atom. The molecule has 0 unspecified atom stereocenters. The number of hydrogen-bond donors (Lipinski definition) is 1. The highest BCUT2D eigenvalue weighted by molar-refractivity contribution is 8.25. The molecule has 2 aromatic rings. The number of thioether (sulfide) groups is 2. The number of ether oxygens (including phenoxy) is 2. The van der Waals surface area contributed by atoms with Crippen molar-refractivity contribution in [2.24, 2.45) is 0 Å². The number of amides is 2. The zero-order chi connectivity index (χ0) is 31.5. The summed E-state index contributed by atoms with van der Waals surface area (Å²) >= 11 is 2.54. The van der Waals surface area contributed by atoms with E-state index in [4.69, 9.17) is 9.47 Å². The number of benzene rings is 2. The number of carbonyl (C=O) groups excluding carboxylic acids is 2. The van der Waals surface area contributed by atoms with Crippen LogP contribution >= 0.6 is 23.5 Å². The largest absolute Gasteiger partial charge is 0.490 e. The lowest BCUT2D eigenvalue weighted by Gasteiger charge is -2.27. The van der Waals surface area contributed by atoms with Crippen LogP contribution in [0.4, 0.5) is 5.69 Å². The molecule has 1 saturated heterocycles. The number of fused-ring (bicyclic) bond motifs is 1. The highest BCUT2D eigenvalue weighted by atomic mass is 32.2. The molecule has 2 heterocycles. The molecule has 0 spiro atoms. The minimum Gasteiger partial charge on any atom is -0.490 e. The van der Waals surface area contributed by atoms with Gasteiger partial charge in [0.15, 0.2) is 5.75 Å². The fourth-order valence-electron chi connectivity index (χ4n) is 4.59. The van der Waals surface area contributed by atoms with Crippen LogP contribution < -0.4 is 14.2 Å². The molecule has 0 saturated carbocycles. The van der Waals surface area contributed by atoms with Crippen molar-refractivity contribution in [2.45, 2.75) is 101 Å². The standard InChI is InChI=1S/C31H41N3O6S3/c1-8-10-16-33-29(35)25(30(36)34(33)17-11-9-2)31-41-27-24(39-19(3)4)18-23(26(28(27)42-31)40-20(5)6)32-43(37,38)22-14-12-21(7)13-15-22/h12-15,18-20,32H,8-11,16-17H2,1-7H3. The molecule has 0 atom stereocenters. The number of nitrogens with zero attached hydrogens (tertiary/aromatic N) is 2. The van der Waals surface area contributed by atoms with Crippen LogP contribution in [-0.2, 0) is 19.6 Å². The Morgan fingerprint density at radius 2 is 1.37 bits per heavy atom. The number of hydrogen-bond acceptors (Lipinski definition) is 8. The first-order valence-corrected chi connectivity index (χ1v) is 17.9. The maximum Gasteiger partial charge on any atom is 0.279 e. The quantitative estimate of drug-likeness (QED) is 0.184. The van der Waals surface area contributed by atoms with Gasteiger partial charge in [0.1, 0.15) is 11.3 Å². The summed E-state index contributed by atoms with van der Waals surface area (Å²) in [5, 5.41) is 3.15. The topological polar surface area (TPSA) is 105 Å². The summed E-state index contributed by atoms with van der Waals surface area (Å²) in [5.74, 6) is 0.151. The third-order valence-electron chi connectivity index (χ3n) is 6.68. The number of nitrogens with one attached hydrogen (secondary N) is 1.